The van der Waals surface area contributed by atoms with Gasteiger partial charge in [-0.3, -0.25) is 9.69 Å². The van der Waals surface area contributed by atoms with Crippen molar-refractivity contribution in [2.45, 2.75) is 50.4 Å². The molecule has 1 saturated carbocycles. The number of carbonyl (C=O) groups excluding carboxylic acids is 1. The van der Waals surface area contributed by atoms with Crippen molar-refractivity contribution in [1.82, 2.24) is 10.2 Å². The van der Waals surface area contributed by atoms with Crippen LogP contribution in [-0.4, -0.2) is 29.9 Å². The van der Waals surface area contributed by atoms with Crippen LogP contribution in [0.25, 0.3) is 0 Å². The predicted molar refractivity (Wildman–Crippen MR) is 115 cm³/mol. The highest BCUT2D eigenvalue weighted by Crippen LogP contribution is 2.49. The highest BCUT2D eigenvalue weighted by atomic mass is 35.5. The Hall–Kier alpha value is -2.05. The number of nitrogens with zero attached hydrogens (tertiary/aromatic N) is 1. The van der Waals surface area contributed by atoms with Gasteiger partial charge >= 0.3 is 6.18 Å². The molecule has 166 valence electrons. The first-order valence-corrected chi connectivity index (χ1v) is 10.9. The number of benzene rings is 2. The van der Waals surface area contributed by atoms with Crippen LogP contribution < -0.4 is 5.32 Å². The number of carbonyl (C=O) groups is 1. The van der Waals surface area contributed by atoms with Gasteiger partial charge in [-0.25, -0.2) is 0 Å². The molecule has 2 bridgehead atoms. The van der Waals surface area contributed by atoms with E-state index in [1.165, 1.54) is 12.1 Å². The zero-order valence-corrected chi connectivity index (χ0v) is 18.4. The van der Waals surface area contributed by atoms with Crippen molar-refractivity contribution in [2.24, 2.45) is 5.92 Å². The summed E-state index contributed by atoms with van der Waals surface area (Å²) in [6.45, 7) is 2.96. The van der Waals surface area contributed by atoms with E-state index in [-0.39, 0.29) is 17.1 Å². The number of likely N-dealkylation sites (N-methyl/N-ethyl adjacent to an activating group) is 1. The monoisotopic (exact) mass is 450 g/mol. The van der Waals surface area contributed by atoms with E-state index in [9.17, 15) is 18.0 Å². The van der Waals surface area contributed by atoms with E-state index in [1.54, 1.807) is 0 Å². The van der Waals surface area contributed by atoms with E-state index >= 15 is 0 Å². The maximum absolute atomic E-state index is 13.3. The molecule has 2 aliphatic heterocycles. The minimum atomic E-state index is -4.62. The first kappa shape index (κ1) is 22.2. The lowest BCUT2D eigenvalue weighted by molar-refractivity contribution is -0.137. The van der Waals surface area contributed by atoms with Crippen LogP contribution >= 0.6 is 11.6 Å². The Morgan fingerprint density at radius 2 is 1.81 bits per heavy atom. The first-order chi connectivity index (χ1) is 14.6. The van der Waals surface area contributed by atoms with E-state index in [4.69, 9.17) is 11.6 Å². The lowest BCUT2D eigenvalue weighted by Crippen LogP contribution is -2.62. The third-order valence-corrected chi connectivity index (χ3v) is 7.44. The molecule has 3 aliphatic rings. The number of alkyl halides is 3. The van der Waals surface area contributed by atoms with Gasteiger partial charge in [0.1, 0.15) is 0 Å². The zero-order valence-electron chi connectivity index (χ0n) is 17.6. The smallest absolute Gasteiger partial charge is 0.343 e. The summed E-state index contributed by atoms with van der Waals surface area (Å²) in [6, 6.07) is 11.1. The molecule has 7 heteroatoms. The van der Waals surface area contributed by atoms with Crippen LogP contribution in [0.15, 0.2) is 42.5 Å². The second-order valence-electron chi connectivity index (χ2n) is 8.91. The van der Waals surface area contributed by atoms with Crippen molar-refractivity contribution in [3.05, 3.63) is 69.7 Å². The van der Waals surface area contributed by atoms with Gasteiger partial charge in [0, 0.05) is 12.1 Å². The predicted octanol–water partition coefficient (Wildman–Crippen LogP) is 6.01. The van der Waals surface area contributed by atoms with Gasteiger partial charge in [-0.1, -0.05) is 47.5 Å². The molecule has 3 fully saturated rings. The second kappa shape index (κ2) is 8.14. The largest absolute Gasteiger partial charge is 0.417 e. The van der Waals surface area contributed by atoms with Crippen molar-refractivity contribution in [2.75, 3.05) is 13.6 Å². The Morgan fingerprint density at radius 1 is 1.16 bits per heavy atom. The SMILES string of the molecule is Cc1ccc(C(NC(=O)c2cccc(C(F)(F)F)c2Cl)C23CCC(CC2)CN3C)cc1. The quantitative estimate of drug-likeness (QED) is 0.618. The fraction of sp³-hybridized carbons (Fsp3) is 0.458. The fourth-order valence-electron chi connectivity index (χ4n) is 5.24. The highest BCUT2D eigenvalue weighted by molar-refractivity contribution is 6.34. The third-order valence-electron chi connectivity index (χ3n) is 7.04. The molecule has 1 atom stereocenters. The van der Waals surface area contributed by atoms with Crippen molar-refractivity contribution < 1.29 is 18.0 Å². The fourth-order valence-corrected chi connectivity index (χ4v) is 5.56. The second-order valence-corrected chi connectivity index (χ2v) is 9.29. The zero-order chi connectivity index (χ0) is 22.4. The van der Waals surface area contributed by atoms with E-state index < -0.39 is 22.7 Å². The number of hydrogen-bond donors (Lipinski definition) is 1. The van der Waals surface area contributed by atoms with Gasteiger partial charge in [-0.05, 0) is 63.3 Å². The van der Waals surface area contributed by atoms with Crippen LogP contribution in [0.4, 0.5) is 13.2 Å². The van der Waals surface area contributed by atoms with E-state index in [1.807, 2.05) is 31.2 Å². The molecular formula is C24H26ClF3N2O. The number of nitrogens with one attached hydrogen (secondary N) is 1. The number of rotatable bonds is 4. The summed E-state index contributed by atoms with van der Waals surface area (Å²) in [5.74, 6) is 0.0799. The number of hydrogen-bond acceptors (Lipinski definition) is 2. The maximum atomic E-state index is 13.3. The molecule has 1 amide bonds. The number of fused-ring (bicyclic) bond motifs is 3. The minimum Gasteiger partial charge on any atom is -0.343 e. The van der Waals surface area contributed by atoms with Crippen LogP contribution in [0.2, 0.25) is 5.02 Å². The molecule has 1 unspecified atom stereocenters. The van der Waals surface area contributed by atoms with Gasteiger partial charge in [0.25, 0.3) is 5.91 Å². The number of amides is 1. The average molecular weight is 451 g/mol. The lowest BCUT2D eigenvalue weighted by Gasteiger charge is -2.57. The molecule has 1 N–H and O–H groups in total. The van der Waals surface area contributed by atoms with Crippen molar-refractivity contribution in [3.8, 4) is 0 Å². The summed E-state index contributed by atoms with van der Waals surface area (Å²) in [5, 5.41) is 2.51. The van der Waals surface area contributed by atoms with Gasteiger partial charge in [0.05, 0.1) is 22.2 Å². The topological polar surface area (TPSA) is 32.3 Å². The standard InChI is InChI=1S/C24H26ClF3N2O/c1-15-6-8-17(9-7-15)21(23-12-10-16(11-13-23)14-30(23)2)29-22(31)18-4-3-5-19(20(18)25)24(26,27)28/h3-9,16,21H,10-14H2,1-2H3,(H,29,31). The minimum absolute atomic E-state index is 0.155. The summed E-state index contributed by atoms with van der Waals surface area (Å²) in [5.41, 5.74) is 0.634. The van der Waals surface area contributed by atoms with Gasteiger partial charge in [0.15, 0.2) is 0 Å². The third kappa shape index (κ3) is 4.08. The molecule has 0 aromatic heterocycles. The summed E-state index contributed by atoms with van der Waals surface area (Å²) < 4.78 is 39.9. The van der Waals surface area contributed by atoms with Gasteiger partial charge in [-0.2, -0.15) is 13.2 Å². The summed E-state index contributed by atoms with van der Waals surface area (Å²) in [7, 11) is 2.08. The lowest BCUT2D eigenvalue weighted by atomic mass is 9.65. The number of halogens is 4. The van der Waals surface area contributed by atoms with Gasteiger partial charge in [-0.15, -0.1) is 0 Å². The normalized spacial score (nSPS) is 24.8. The Balaban J connectivity index is 1.72. The van der Waals surface area contributed by atoms with Crippen LogP contribution in [0.3, 0.4) is 0 Å². The molecule has 0 radical (unpaired) electrons. The Bertz CT molecular complexity index is 966. The molecule has 2 heterocycles. The molecule has 0 spiro atoms. The number of piperidine rings is 2. The van der Waals surface area contributed by atoms with Crippen LogP contribution in [0.1, 0.15) is 58.8 Å². The molecular weight excluding hydrogens is 425 g/mol. The molecule has 2 aromatic rings. The molecule has 3 nitrogen and oxygen atoms in total. The van der Waals surface area contributed by atoms with Crippen LogP contribution in [-0.2, 0) is 6.18 Å². The highest BCUT2D eigenvalue weighted by Gasteiger charge is 2.50. The molecule has 2 saturated heterocycles. The molecule has 2 aromatic carbocycles. The molecule has 31 heavy (non-hydrogen) atoms. The summed E-state index contributed by atoms with van der Waals surface area (Å²) in [4.78, 5) is 15.6. The Labute approximate surface area is 185 Å². The Morgan fingerprint density at radius 3 is 2.39 bits per heavy atom. The van der Waals surface area contributed by atoms with Gasteiger partial charge in [0.2, 0.25) is 0 Å². The summed E-state index contributed by atoms with van der Waals surface area (Å²) in [6.07, 6.45) is -0.573. The molecule has 5 rings (SSSR count). The average Bonchev–Trinajstić information content (AvgIpc) is 2.73. The first-order valence-electron chi connectivity index (χ1n) is 10.6. The van der Waals surface area contributed by atoms with E-state index in [0.717, 1.165) is 49.4 Å². The maximum Gasteiger partial charge on any atom is 0.417 e. The van der Waals surface area contributed by atoms with Gasteiger partial charge < -0.3 is 5.32 Å². The Kier molecular flexibility index (Phi) is 5.81. The molecule has 1 aliphatic carbocycles. The van der Waals surface area contributed by atoms with E-state index in [0.29, 0.717) is 5.92 Å². The van der Waals surface area contributed by atoms with Crippen LogP contribution in [0, 0.1) is 12.8 Å². The van der Waals surface area contributed by atoms with E-state index in [2.05, 4.69) is 17.3 Å². The van der Waals surface area contributed by atoms with Crippen molar-refractivity contribution >= 4 is 17.5 Å². The van der Waals surface area contributed by atoms with Crippen molar-refractivity contribution in [3.63, 3.8) is 0 Å². The van der Waals surface area contributed by atoms with Crippen LogP contribution in [0.5, 0.6) is 0 Å². The number of aryl methyl sites for hydroxylation is 1. The van der Waals surface area contributed by atoms with Crippen molar-refractivity contribution in [1.29, 1.82) is 0 Å². The summed E-state index contributed by atoms with van der Waals surface area (Å²) >= 11 is 6.04.